The molecule has 0 amide bonds. The third-order valence-electron chi connectivity index (χ3n) is 3.95. The summed E-state index contributed by atoms with van der Waals surface area (Å²) in [6.45, 7) is 5.81. The lowest BCUT2D eigenvalue weighted by Crippen LogP contribution is -2.24. The van der Waals surface area contributed by atoms with Crippen LogP contribution in [0.2, 0.25) is 0 Å². The smallest absolute Gasteiger partial charge is 0.227 e. The highest BCUT2D eigenvalue weighted by molar-refractivity contribution is 5.67. The number of hydrogen-bond donors (Lipinski definition) is 1. The van der Waals surface area contributed by atoms with E-state index in [0.717, 1.165) is 30.0 Å². The van der Waals surface area contributed by atoms with Gasteiger partial charge in [-0.2, -0.15) is 4.98 Å². The van der Waals surface area contributed by atoms with Gasteiger partial charge in [0.2, 0.25) is 5.95 Å². The quantitative estimate of drug-likeness (QED) is 0.697. The van der Waals surface area contributed by atoms with Crippen molar-refractivity contribution < 1.29 is 4.39 Å². The number of halogens is 1. The van der Waals surface area contributed by atoms with Crippen LogP contribution in [0, 0.1) is 5.82 Å². The van der Waals surface area contributed by atoms with E-state index in [0.29, 0.717) is 11.8 Å². The minimum Gasteiger partial charge on any atom is -0.341 e. The lowest BCUT2D eigenvalue weighted by molar-refractivity contribution is 0.628. The van der Waals surface area contributed by atoms with Crippen molar-refractivity contribution in [1.29, 1.82) is 0 Å². The molecule has 0 bridgehead atoms. The van der Waals surface area contributed by atoms with Gasteiger partial charge in [-0.05, 0) is 38.1 Å². The van der Waals surface area contributed by atoms with Crippen molar-refractivity contribution in [1.82, 2.24) is 9.97 Å². The maximum Gasteiger partial charge on any atom is 0.227 e. The minimum absolute atomic E-state index is 0.262. The largest absolute Gasteiger partial charge is 0.341 e. The van der Waals surface area contributed by atoms with Crippen molar-refractivity contribution in [3.05, 3.63) is 66.5 Å². The highest BCUT2D eigenvalue weighted by Crippen LogP contribution is 2.25. The minimum atomic E-state index is -0.262. The summed E-state index contributed by atoms with van der Waals surface area (Å²) >= 11 is 0. The molecule has 0 aliphatic rings. The molecular weight excluding hydrogens is 315 g/mol. The first-order valence-corrected chi connectivity index (χ1v) is 8.41. The lowest BCUT2D eigenvalue weighted by Gasteiger charge is -2.20. The predicted octanol–water partition coefficient (Wildman–Crippen LogP) is 4.87. The van der Waals surface area contributed by atoms with Gasteiger partial charge in [-0.15, -0.1) is 0 Å². The van der Waals surface area contributed by atoms with Crippen LogP contribution in [0.3, 0.4) is 0 Å². The van der Waals surface area contributed by atoms with E-state index in [1.807, 2.05) is 36.4 Å². The van der Waals surface area contributed by atoms with Crippen LogP contribution < -0.4 is 10.2 Å². The second-order valence-electron chi connectivity index (χ2n) is 5.61. The molecule has 2 aromatic carbocycles. The Morgan fingerprint density at radius 1 is 0.920 bits per heavy atom. The SMILES string of the molecule is CCN(CC)c1nc(Nc2ccc(F)cc2)cc(-c2ccccc2)n1. The van der Waals surface area contributed by atoms with E-state index in [9.17, 15) is 4.39 Å². The molecular formula is C20H21FN4. The molecule has 3 rings (SSSR count). The number of aromatic nitrogens is 2. The maximum atomic E-state index is 13.1. The zero-order valence-electron chi connectivity index (χ0n) is 14.4. The fourth-order valence-corrected chi connectivity index (χ4v) is 2.58. The second-order valence-corrected chi connectivity index (χ2v) is 5.61. The Morgan fingerprint density at radius 3 is 2.24 bits per heavy atom. The molecule has 0 saturated heterocycles. The van der Waals surface area contributed by atoms with E-state index in [1.165, 1.54) is 12.1 Å². The zero-order valence-corrected chi connectivity index (χ0v) is 14.4. The Labute approximate surface area is 147 Å². The molecule has 0 unspecified atom stereocenters. The van der Waals surface area contributed by atoms with Crippen molar-refractivity contribution in [2.75, 3.05) is 23.3 Å². The molecule has 1 aromatic heterocycles. The molecule has 3 aromatic rings. The van der Waals surface area contributed by atoms with Gasteiger partial charge >= 0.3 is 0 Å². The fraction of sp³-hybridized carbons (Fsp3) is 0.200. The lowest BCUT2D eigenvalue weighted by atomic mass is 10.1. The standard InChI is InChI=1S/C20H21FN4/c1-3-25(4-2)20-23-18(15-8-6-5-7-9-15)14-19(24-20)22-17-12-10-16(21)11-13-17/h5-14H,3-4H2,1-2H3,(H,22,23,24). The normalized spacial score (nSPS) is 10.5. The van der Waals surface area contributed by atoms with Crippen LogP contribution in [0.5, 0.6) is 0 Å². The van der Waals surface area contributed by atoms with Gasteiger partial charge < -0.3 is 10.2 Å². The third-order valence-corrected chi connectivity index (χ3v) is 3.95. The Kier molecular flexibility index (Phi) is 5.23. The maximum absolute atomic E-state index is 13.1. The Bertz CT molecular complexity index is 815. The van der Waals surface area contributed by atoms with Crippen molar-refractivity contribution >= 4 is 17.5 Å². The van der Waals surface area contributed by atoms with Crippen LogP contribution in [-0.4, -0.2) is 23.1 Å². The number of benzene rings is 2. The van der Waals surface area contributed by atoms with Crippen LogP contribution >= 0.6 is 0 Å². The zero-order chi connectivity index (χ0) is 17.6. The molecule has 1 N–H and O–H groups in total. The summed E-state index contributed by atoms with van der Waals surface area (Å²) in [5.74, 6) is 1.10. The van der Waals surface area contributed by atoms with Crippen LogP contribution in [0.1, 0.15) is 13.8 Å². The average molecular weight is 336 g/mol. The van der Waals surface area contributed by atoms with E-state index in [2.05, 4.69) is 29.0 Å². The summed E-state index contributed by atoms with van der Waals surface area (Å²) in [6, 6.07) is 18.1. The van der Waals surface area contributed by atoms with Crippen molar-refractivity contribution in [3.8, 4) is 11.3 Å². The highest BCUT2D eigenvalue weighted by atomic mass is 19.1. The summed E-state index contributed by atoms with van der Waals surface area (Å²) in [7, 11) is 0. The monoisotopic (exact) mass is 336 g/mol. The molecule has 0 aliphatic carbocycles. The molecule has 4 nitrogen and oxygen atoms in total. The van der Waals surface area contributed by atoms with Crippen LogP contribution in [0.4, 0.5) is 21.8 Å². The van der Waals surface area contributed by atoms with Gasteiger partial charge in [0.1, 0.15) is 11.6 Å². The molecule has 0 spiro atoms. The number of rotatable bonds is 6. The van der Waals surface area contributed by atoms with E-state index in [1.54, 1.807) is 12.1 Å². The highest BCUT2D eigenvalue weighted by Gasteiger charge is 2.11. The summed E-state index contributed by atoms with van der Waals surface area (Å²) in [6.07, 6.45) is 0. The number of nitrogens with one attached hydrogen (secondary N) is 1. The molecule has 1 heterocycles. The predicted molar refractivity (Wildman–Crippen MR) is 101 cm³/mol. The van der Waals surface area contributed by atoms with Crippen molar-refractivity contribution in [2.24, 2.45) is 0 Å². The molecule has 25 heavy (non-hydrogen) atoms. The number of anilines is 3. The van der Waals surface area contributed by atoms with Gasteiger partial charge in [0.15, 0.2) is 0 Å². The summed E-state index contributed by atoms with van der Waals surface area (Å²) < 4.78 is 13.1. The van der Waals surface area contributed by atoms with Gasteiger partial charge in [0.05, 0.1) is 5.69 Å². The summed E-state index contributed by atoms with van der Waals surface area (Å²) in [5.41, 5.74) is 2.66. The molecule has 0 aliphatic heterocycles. The van der Waals surface area contributed by atoms with Gasteiger partial charge in [-0.25, -0.2) is 9.37 Å². The Hall–Kier alpha value is -2.95. The van der Waals surface area contributed by atoms with E-state index in [4.69, 9.17) is 4.98 Å². The third kappa shape index (κ3) is 4.12. The molecule has 5 heteroatoms. The first-order chi connectivity index (χ1) is 12.2. The summed E-state index contributed by atoms with van der Waals surface area (Å²) in [5, 5.41) is 3.24. The fourth-order valence-electron chi connectivity index (χ4n) is 2.58. The van der Waals surface area contributed by atoms with Gasteiger partial charge in [-0.3, -0.25) is 0 Å². The Balaban J connectivity index is 2.01. The average Bonchev–Trinajstić information content (AvgIpc) is 2.65. The van der Waals surface area contributed by atoms with E-state index in [-0.39, 0.29) is 5.82 Å². The first kappa shape index (κ1) is 16.9. The Morgan fingerprint density at radius 2 is 1.60 bits per heavy atom. The molecule has 0 saturated carbocycles. The van der Waals surface area contributed by atoms with E-state index < -0.39 is 0 Å². The number of nitrogens with zero attached hydrogens (tertiary/aromatic N) is 3. The van der Waals surface area contributed by atoms with Gasteiger partial charge in [-0.1, -0.05) is 30.3 Å². The van der Waals surface area contributed by atoms with Gasteiger partial charge in [0.25, 0.3) is 0 Å². The number of hydrogen-bond acceptors (Lipinski definition) is 4. The van der Waals surface area contributed by atoms with E-state index >= 15 is 0 Å². The molecule has 128 valence electrons. The molecule has 0 radical (unpaired) electrons. The van der Waals surface area contributed by atoms with Crippen LogP contribution in [-0.2, 0) is 0 Å². The summed E-state index contributed by atoms with van der Waals surface area (Å²) in [4.78, 5) is 11.4. The first-order valence-electron chi connectivity index (χ1n) is 8.41. The van der Waals surface area contributed by atoms with Crippen molar-refractivity contribution in [2.45, 2.75) is 13.8 Å². The van der Waals surface area contributed by atoms with Crippen molar-refractivity contribution in [3.63, 3.8) is 0 Å². The second kappa shape index (κ2) is 7.75. The topological polar surface area (TPSA) is 41.1 Å². The van der Waals surface area contributed by atoms with Crippen LogP contribution in [0.15, 0.2) is 60.7 Å². The van der Waals surface area contributed by atoms with Crippen LogP contribution in [0.25, 0.3) is 11.3 Å². The molecule has 0 atom stereocenters. The van der Waals surface area contributed by atoms with Gasteiger partial charge in [0, 0.05) is 30.4 Å². The molecule has 0 fully saturated rings.